The van der Waals surface area contributed by atoms with E-state index < -0.39 is 20.9 Å². The van der Waals surface area contributed by atoms with E-state index in [0.717, 1.165) is 12.1 Å². The van der Waals surface area contributed by atoms with Crippen LogP contribution in [0.4, 0.5) is 4.39 Å². The number of hydrogen-bond acceptors (Lipinski definition) is 4. The van der Waals surface area contributed by atoms with Crippen molar-refractivity contribution in [2.45, 2.75) is 29.4 Å². The third-order valence-corrected chi connectivity index (χ3v) is 6.17. The summed E-state index contributed by atoms with van der Waals surface area (Å²) in [4.78, 5) is 13.7. The SMILES string of the molecule is COCCC(=O)N1CCC(S(=O)(=O)c2ccc(F)cc2)CC1. The van der Waals surface area contributed by atoms with Crippen LogP contribution in [0.5, 0.6) is 0 Å². The van der Waals surface area contributed by atoms with Gasteiger partial charge < -0.3 is 9.64 Å². The van der Waals surface area contributed by atoms with Gasteiger partial charge in [-0.3, -0.25) is 4.79 Å². The summed E-state index contributed by atoms with van der Waals surface area (Å²) < 4.78 is 42.8. The van der Waals surface area contributed by atoms with Crippen molar-refractivity contribution in [2.24, 2.45) is 0 Å². The lowest BCUT2D eigenvalue weighted by Crippen LogP contribution is -2.42. The summed E-state index contributed by atoms with van der Waals surface area (Å²) in [5, 5.41) is -0.524. The van der Waals surface area contributed by atoms with Gasteiger partial charge in [-0.15, -0.1) is 0 Å². The van der Waals surface area contributed by atoms with Crippen LogP contribution in [0, 0.1) is 5.82 Å². The minimum atomic E-state index is -3.47. The van der Waals surface area contributed by atoms with Gasteiger partial charge in [0.2, 0.25) is 5.91 Å². The molecule has 5 nitrogen and oxygen atoms in total. The molecule has 0 saturated carbocycles. The highest BCUT2D eigenvalue weighted by Crippen LogP contribution is 2.25. The number of carbonyl (C=O) groups excluding carboxylic acids is 1. The predicted molar refractivity (Wildman–Crippen MR) is 79.7 cm³/mol. The molecule has 1 aliphatic heterocycles. The molecule has 1 aromatic rings. The first-order valence-corrected chi connectivity index (χ1v) is 8.76. The lowest BCUT2D eigenvalue weighted by molar-refractivity contribution is -0.132. The summed E-state index contributed by atoms with van der Waals surface area (Å²) in [7, 11) is -1.94. The Hall–Kier alpha value is -1.47. The van der Waals surface area contributed by atoms with E-state index >= 15 is 0 Å². The van der Waals surface area contributed by atoms with Crippen molar-refractivity contribution in [3.05, 3.63) is 30.1 Å². The first kappa shape index (κ1) is 16.9. The Morgan fingerprint density at radius 2 is 1.86 bits per heavy atom. The highest BCUT2D eigenvalue weighted by atomic mass is 32.2. The second-order valence-electron chi connectivity index (χ2n) is 5.32. The summed E-state index contributed by atoms with van der Waals surface area (Å²) in [6.45, 7) is 1.22. The molecule has 0 bridgehead atoms. The number of amides is 1. The average Bonchev–Trinajstić information content (AvgIpc) is 2.53. The molecule has 0 N–H and O–H groups in total. The molecule has 2 rings (SSSR count). The molecule has 1 aliphatic rings. The summed E-state index contributed by atoms with van der Waals surface area (Å²) in [6, 6.07) is 4.88. The van der Waals surface area contributed by atoms with Crippen LogP contribution < -0.4 is 0 Å². The van der Waals surface area contributed by atoms with Crippen molar-refractivity contribution < 1.29 is 22.3 Å². The average molecular weight is 329 g/mol. The van der Waals surface area contributed by atoms with Gasteiger partial charge in [0.1, 0.15) is 5.82 Å². The molecule has 0 atom stereocenters. The van der Waals surface area contributed by atoms with Crippen LogP contribution in [0.3, 0.4) is 0 Å². The number of methoxy groups -OCH3 is 1. The zero-order valence-electron chi connectivity index (χ0n) is 12.5. The van der Waals surface area contributed by atoms with E-state index in [-0.39, 0.29) is 10.8 Å². The smallest absolute Gasteiger partial charge is 0.224 e. The fourth-order valence-electron chi connectivity index (χ4n) is 2.58. The van der Waals surface area contributed by atoms with E-state index in [1.54, 1.807) is 4.90 Å². The molecule has 122 valence electrons. The first-order chi connectivity index (χ1) is 10.4. The van der Waals surface area contributed by atoms with Gasteiger partial charge in [-0.05, 0) is 37.1 Å². The molecule has 1 amide bonds. The Morgan fingerprint density at radius 3 is 2.41 bits per heavy atom. The number of benzene rings is 1. The normalized spacial score (nSPS) is 16.7. The third kappa shape index (κ3) is 3.84. The second kappa shape index (κ2) is 7.19. The van der Waals surface area contributed by atoms with Gasteiger partial charge in [0.05, 0.1) is 23.2 Å². The number of nitrogens with zero attached hydrogens (tertiary/aromatic N) is 1. The number of sulfone groups is 1. The first-order valence-electron chi connectivity index (χ1n) is 7.21. The summed E-state index contributed by atoms with van der Waals surface area (Å²) in [5.74, 6) is -0.475. The number of likely N-dealkylation sites (tertiary alicyclic amines) is 1. The quantitative estimate of drug-likeness (QED) is 0.770. The number of piperidine rings is 1. The van der Waals surface area contributed by atoms with E-state index in [1.165, 1.54) is 19.2 Å². The zero-order chi connectivity index (χ0) is 16.2. The Labute approximate surface area is 130 Å². The molecular weight excluding hydrogens is 309 g/mol. The number of hydrogen-bond donors (Lipinski definition) is 0. The van der Waals surface area contributed by atoms with Crippen LogP contribution in [0.25, 0.3) is 0 Å². The standard InChI is InChI=1S/C15H20FNO4S/c1-21-11-8-15(18)17-9-6-14(7-10-17)22(19,20)13-4-2-12(16)3-5-13/h2-5,14H,6-11H2,1H3. The Kier molecular flexibility index (Phi) is 5.52. The summed E-state index contributed by atoms with van der Waals surface area (Å²) >= 11 is 0. The highest BCUT2D eigenvalue weighted by molar-refractivity contribution is 7.92. The van der Waals surface area contributed by atoms with Crippen molar-refractivity contribution in [3.8, 4) is 0 Å². The minimum absolute atomic E-state index is 0.0144. The maximum Gasteiger partial charge on any atom is 0.224 e. The topological polar surface area (TPSA) is 63.7 Å². The van der Waals surface area contributed by atoms with E-state index in [4.69, 9.17) is 4.74 Å². The summed E-state index contributed by atoms with van der Waals surface area (Å²) in [6.07, 6.45) is 1.11. The Balaban J connectivity index is 1.98. The molecule has 1 heterocycles. The van der Waals surface area contributed by atoms with Gasteiger partial charge in [-0.2, -0.15) is 0 Å². The van der Waals surface area contributed by atoms with Crippen molar-refractivity contribution in [1.29, 1.82) is 0 Å². The van der Waals surface area contributed by atoms with E-state index in [1.807, 2.05) is 0 Å². The lowest BCUT2D eigenvalue weighted by atomic mass is 10.1. The lowest BCUT2D eigenvalue weighted by Gasteiger charge is -2.31. The number of carbonyl (C=O) groups is 1. The van der Waals surface area contributed by atoms with E-state index in [0.29, 0.717) is 39.0 Å². The van der Waals surface area contributed by atoms with Crippen LogP contribution >= 0.6 is 0 Å². The fraction of sp³-hybridized carbons (Fsp3) is 0.533. The van der Waals surface area contributed by atoms with Gasteiger partial charge in [0, 0.05) is 20.2 Å². The Bertz CT molecular complexity index is 607. The van der Waals surface area contributed by atoms with Crippen LogP contribution in [-0.4, -0.2) is 51.3 Å². The maximum absolute atomic E-state index is 12.9. The van der Waals surface area contributed by atoms with Crippen molar-refractivity contribution in [3.63, 3.8) is 0 Å². The molecule has 0 aromatic heterocycles. The van der Waals surface area contributed by atoms with E-state index in [2.05, 4.69) is 0 Å². The van der Waals surface area contributed by atoms with Crippen molar-refractivity contribution >= 4 is 15.7 Å². The number of ether oxygens (including phenoxy) is 1. The van der Waals surface area contributed by atoms with Gasteiger partial charge in [0.15, 0.2) is 9.84 Å². The predicted octanol–water partition coefficient (Wildman–Crippen LogP) is 1.63. The van der Waals surface area contributed by atoms with Crippen LogP contribution in [0.1, 0.15) is 19.3 Å². The van der Waals surface area contributed by atoms with Crippen LogP contribution in [0.15, 0.2) is 29.2 Å². The molecule has 0 aliphatic carbocycles. The molecule has 22 heavy (non-hydrogen) atoms. The monoisotopic (exact) mass is 329 g/mol. The number of rotatable bonds is 5. The third-order valence-electron chi connectivity index (χ3n) is 3.90. The molecule has 0 spiro atoms. The van der Waals surface area contributed by atoms with Crippen LogP contribution in [-0.2, 0) is 19.4 Å². The zero-order valence-corrected chi connectivity index (χ0v) is 13.3. The van der Waals surface area contributed by atoms with Crippen LogP contribution in [0.2, 0.25) is 0 Å². The fourth-order valence-corrected chi connectivity index (χ4v) is 4.31. The molecule has 1 aromatic carbocycles. The molecule has 7 heteroatoms. The van der Waals surface area contributed by atoms with Gasteiger partial charge in [0.25, 0.3) is 0 Å². The highest BCUT2D eigenvalue weighted by Gasteiger charge is 2.32. The molecule has 1 fully saturated rings. The molecular formula is C15H20FNO4S. The van der Waals surface area contributed by atoms with Gasteiger partial charge in [-0.1, -0.05) is 0 Å². The van der Waals surface area contributed by atoms with Crippen molar-refractivity contribution in [2.75, 3.05) is 26.8 Å². The number of halogens is 1. The molecule has 0 unspecified atom stereocenters. The van der Waals surface area contributed by atoms with Gasteiger partial charge in [-0.25, -0.2) is 12.8 Å². The second-order valence-corrected chi connectivity index (χ2v) is 7.55. The molecule has 0 radical (unpaired) electrons. The largest absolute Gasteiger partial charge is 0.384 e. The Morgan fingerprint density at radius 1 is 1.27 bits per heavy atom. The molecule has 1 saturated heterocycles. The van der Waals surface area contributed by atoms with Gasteiger partial charge >= 0.3 is 0 Å². The van der Waals surface area contributed by atoms with Crippen molar-refractivity contribution in [1.82, 2.24) is 4.90 Å². The maximum atomic E-state index is 12.9. The minimum Gasteiger partial charge on any atom is -0.384 e. The van der Waals surface area contributed by atoms with E-state index in [9.17, 15) is 17.6 Å². The summed E-state index contributed by atoms with van der Waals surface area (Å²) in [5.41, 5.74) is 0.